The Hall–Kier alpha value is -3.32. The molecular weight excluding hydrogens is 398 g/mol. The van der Waals surface area contributed by atoms with Crippen LogP contribution in [-0.2, 0) is 18.9 Å². The Labute approximate surface area is 181 Å². The molecule has 0 unspecified atom stereocenters. The molecule has 7 nitrogen and oxygen atoms in total. The molecule has 2 aromatic rings. The van der Waals surface area contributed by atoms with Gasteiger partial charge in [-0.05, 0) is 24.1 Å². The minimum Gasteiger partial charge on any atom is -0.439 e. The summed E-state index contributed by atoms with van der Waals surface area (Å²) < 4.78 is 21.7. The van der Waals surface area contributed by atoms with Crippen LogP contribution in [0.1, 0.15) is 30.2 Å². The van der Waals surface area contributed by atoms with Crippen molar-refractivity contribution in [3.05, 3.63) is 83.9 Å². The Morgan fingerprint density at radius 1 is 0.968 bits per heavy atom. The van der Waals surface area contributed by atoms with Gasteiger partial charge in [0.1, 0.15) is 11.6 Å². The van der Waals surface area contributed by atoms with E-state index in [0.717, 1.165) is 11.1 Å². The predicted octanol–water partition coefficient (Wildman–Crippen LogP) is 4.42. The first-order chi connectivity index (χ1) is 15.0. The molecule has 5 atom stereocenters. The number of benzene rings is 2. The number of amides is 1. The smallest absolute Gasteiger partial charge is 0.439 e. The summed E-state index contributed by atoms with van der Waals surface area (Å²) in [5, 5.41) is 0. The number of hydrogen-bond acceptors (Lipinski definition) is 6. The molecule has 7 heteroatoms. The Morgan fingerprint density at radius 3 is 2.16 bits per heavy atom. The van der Waals surface area contributed by atoms with Gasteiger partial charge in [-0.1, -0.05) is 66.7 Å². The molecule has 0 N–H and O–H groups in total. The maximum absolute atomic E-state index is 13.2. The van der Waals surface area contributed by atoms with Crippen molar-refractivity contribution in [3.63, 3.8) is 0 Å². The largest absolute Gasteiger partial charge is 0.508 e. The lowest BCUT2D eigenvalue weighted by atomic mass is 9.90. The molecule has 1 amide bonds. The monoisotopic (exact) mass is 423 g/mol. The Balaban J connectivity index is 1.74. The highest BCUT2D eigenvalue weighted by Gasteiger charge is 2.56. The van der Waals surface area contributed by atoms with E-state index in [1.165, 1.54) is 14.2 Å². The molecule has 1 aliphatic heterocycles. The van der Waals surface area contributed by atoms with Crippen LogP contribution in [0.25, 0.3) is 0 Å². The molecule has 162 valence electrons. The normalized spacial score (nSPS) is 29.6. The molecule has 4 rings (SSSR count). The van der Waals surface area contributed by atoms with Crippen molar-refractivity contribution < 1.29 is 28.5 Å². The third-order valence-electron chi connectivity index (χ3n) is 6.04. The molecule has 1 aliphatic carbocycles. The summed E-state index contributed by atoms with van der Waals surface area (Å²) in [5.41, 5.74) is 0.813. The lowest BCUT2D eigenvalue weighted by Gasteiger charge is -2.40. The highest BCUT2D eigenvalue weighted by atomic mass is 16.7. The second-order valence-electron chi connectivity index (χ2n) is 7.69. The minimum absolute atomic E-state index is 0.392. The maximum atomic E-state index is 13.2. The van der Waals surface area contributed by atoms with Crippen LogP contribution in [0.4, 0.5) is 9.59 Å². The van der Waals surface area contributed by atoms with Gasteiger partial charge < -0.3 is 18.9 Å². The molecule has 1 fully saturated rings. The van der Waals surface area contributed by atoms with Crippen molar-refractivity contribution in [3.8, 4) is 0 Å². The van der Waals surface area contributed by atoms with Gasteiger partial charge in [0.25, 0.3) is 0 Å². The van der Waals surface area contributed by atoms with E-state index in [2.05, 4.69) is 4.74 Å². The quantitative estimate of drug-likeness (QED) is 0.524. The minimum atomic E-state index is -1.02. The second kappa shape index (κ2) is 8.43. The SMILES string of the molecule is COC(=O)O[C@@H]1C=C[C@@H](N2C(=O)O[C@@H](c3ccccc3)[C@H]2c2ccccc2)[C@]1(C)OC. The third kappa shape index (κ3) is 3.65. The van der Waals surface area contributed by atoms with Gasteiger partial charge in [-0.3, -0.25) is 4.90 Å². The fraction of sp³-hybridized carbons (Fsp3) is 0.333. The van der Waals surface area contributed by atoms with Crippen molar-refractivity contribution in [1.29, 1.82) is 0 Å². The van der Waals surface area contributed by atoms with Crippen molar-refractivity contribution in [2.24, 2.45) is 0 Å². The third-order valence-corrected chi connectivity index (χ3v) is 6.04. The first-order valence-corrected chi connectivity index (χ1v) is 10.1. The van der Waals surface area contributed by atoms with Gasteiger partial charge in [0, 0.05) is 7.11 Å². The van der Waals surface area contributed by atoms with E-state index in [-0.39, 0.29) is 0 Å². The van der Waals surface area contributed by atoms with Crippen LogP contribution < -0.4 is 0 Å². The molecule has 0 aromatic heterocycles. The zero-order chi connectivity index (χ0) is 22.0. The van der Waals surface area contributed by atoms with E-state index in [4.69, 9.17) is 14.2 Å². The number of hydrogen-bond donors (Lipinski definition) is 0. The van der Waals surface area contributed by atoms with Crippen LogP contribution in [0.3, 0.4) is 0 Å². The van der Waals surface area contributed by atoms with E-state index in [0.29, 0.717) is 0 Å². The summed E-state index contributed by atoms with van der Waals surface area (Å²) in [6, 6.07) is 18.5. The fourth-order valence-corrected chi connectivity index (χ4v) is 4.33. The summed E-state index contributed by atoms with van der Waals surface area (Å²) in [4.78, 5) is 26.6. The standard InChI is InChI=1S/C24H25NO6/c1-24(29-3)18(14-15-19(24)30-23(27)28-2)25-20(16-10-6-4-7-11-16)21(31-22(25)26)17-12-8-5-9-13-17/h4-15,18-21H,1-3H3/t18-,19-,20-,21+,24+/m1/s1. The highest BCUT2D eigenvalue weighted by molar-refractivity contribution is 5.73. The van der Waals surface area contributed by atoms with Crippen LogP contribution in [0, 0.1) is 0 Å². The lowest BCUT2D eigenvalue weighted by molar-refractivity contribution is -0.106. The Bertz CT molecular complexity index is 963. The topological polar surface area (TPSA) is 74.3 Å². The predicted molar refractivity (Wildman–Crippen MR) is 112 cm³/mol. The zero-order valence-corrected chi connectivity index (χ0v) is 17.6. The van der Waals surface area contributed by atoms with E-state index < -0.39 is 42.1 Å². The molecular formula is C24H25NO6. The van der Waals surface area contributed by atoms with Gasteiger partial charge in [-0.15, -0.1) is 0 Å². The summed E-state index contributed by atoms with van der Waals surface area (Å²) in [6.45, 7) is 1.80. The van der Waals surface area contributed by atoms with Crippen LogP contribution in [0.5, 0.6) is 0 Å². The van der Waals surface area contributed by atoms with Gasteiger partial charge in [-0.25, -0.2) is 9.59 Å². The Morgan fingerprint density at radius 2 is 1.58 bits per heavy atom. The first kappa shape index (κ1) is 20.9. The molecule has 0 radical (unpaired) electrons. The molecule has 31 heavy (non-hydrogen) atoms. The average Bonchev–Trinajstić information content (AvgIpc) is 3.31. The molecule has 0 spiro atoms. The number of methoxy groups -OCH3 is 2. The number of carbonyl (C=O) groups excluding carboxylic acids is 2. The Kier molecular flexibility index (Phi) is 5.69. The van der Waals surface area contributed by atoms with Crippen LogP contribution in [0.15, 0.2) is 72.8 Å². The molecule has 2 aromatic carbocycles. The first-order valence-electron chi connectivity index (χ1n) is 10.1. The molecule has 1 saturated heterocycles. The summed E-state index contributed by atoms with van der Waals surface area (Å²) in [6.07, 6.45) is 1.04. The molecule has 2 aliphatic rings. The fourth-order valence-electron chi connectivity index (χ4n) is 4.33. The maximum Gasteiger partial charge on any atom is 0.508 e. The molecule has 1 heterocycles. The van der Waals surface area contributed by atoms with Gasteiger partial charge in [0.15, 0.2) is 12.2 Å². The van der Waals surface area contributed by atoms with Crippen LogP contribution in [0.2, 0.25) is 0 Å². The molecule has 0 saturated carbocycles. The average molecular weight is 423 g/mol. The summed E-state index contributed by atoms with van der Waals surface area (Å²) >= 11 is 0. The van der Waals surface area contributed by atoms with Gasteiger partial charge in [0.2, 0.25) is 0 Å². The number of ether oxygens (including phenoxy) is 4. The van der Waals surface area contributed by atoms with E-state index in [9.17, 15) is 9.59 Å². The van der Waals surface area contributed by atoms with Gasteiger partial charge >= 0.3 is 12.2 Å². The summed E-state index contributed by atoms with van der Waals surface area (Å²) in [5.74, 6) is 0. The zero-order valence-electron chi connectivity index (χ0n) is 17.6. The highest BCUT2D eigenvalue weighted by Crippen LogP contribution is 2.48. The molecule has 0 bridgehead atoms. The van der Waals surface area contributed by atoms with E-state index >= 15 is 0 Å². The van der Waals surface area contributed by atoms with Crippen molar-refractivity contribution in [2.45, 2.75) is 36.8 Å². The number of carbonyl (C=O) groups is 2. The number of rotatable bonds is 5. The van der Waals surface area contributed by atoms with Crippen LogP contribution >= 0.6 is 0 Å². The summed E-state index contributed by atoms with van der Waals surface area (Å²) in [7, 11) is 2.78. The van der Waals surface area contributed by atoms with Crippen LogP contribution in [-0.4, -0.2) is 49.1 Å². The van der Waals surface area contributed by atoms with Gasteiger partial charge in [0.05, 0.1) is 13.2 Å². The van der Waals surface area contributed by atoms with E-state index in [1.54, 1.807) is 17.9 Å². The second-order valence-corrected chi connectivity index (χ2v) is 7.69. The van der Waals surface area contributed by atoms with Crippen molar-refractivity contribution in [1.82, 2.24) is 4.90 Å². The van der Waals surface area contributed by atoms with Crippen molar-refractivity contribution in [2.75, 3.05) is 14.2 Å². The van der Waals surface area contributed by atoms with E-state index in [1.807, 2.05) is 66.7 Å². The number of nitrogens with zero attached hydrogens (tertiary/aromatic N) is 1. The van der Waals surface area contributed by atoms with Crippen molar-refractivity contribution >= 4 is 12.2 Å². The van der Waals surface area contributed by atoms with Gasteiger partial charge in [-0.2, -0.15) is 0 Å². The lowest BCUT2D eigenvalue weighted by Crippen LogP contribution is -2.55. The number of cyclic esters (lactones) is 1.